The minimum atomic E-state index is -0.899. The molecule has 0 rings (SSSR count). The average molecular weight is 259 g/mol. The first-order valence-electron chi connectivity index (χ1n) is 6.01. The van der Waals surface area contributed by atoms with E-state index < -0.39 is 18.0 Å². The van der Waals surface area contributed by atoms with Gasteiger partial charge in [0.05, 0.1) is 0 Å². The van der Waals surface area contributed by atoms with Gasteiger partial charge in [-0.2, -0.15) is 0 Å². The minimum absolute atomic E-state index is 0.00677. The van der Waals surface area contributed by atoms with Crippen LogP contribution in [-0.2, 0) is 9.59 Å². The van der Waals surface area contributed by atoms with Crippen LogP contribution in [0.3, 0.4) is 0 Å². The number of carboxylic acid groups (broad SMARTS) is 1. The zero-order chi connectivity index (χ0) is 14.0. The summed E-state index contributed by atoms with van der Waals surface area (Å²) in [7, 11) is 0. The molecule has 0 aliphatic heterocycles. The molecule has 0 aromatic carbocycles. The lowest BCUT2D eigenvalue weighted by Gasteiger charge is -2.14. The van der Waals surface area contributed by atoms with E-state index in [1.807, 2.05) is 6.92 Å². The predicted octanol–water partition coefficient (Wildman–Crippen LogP) is 0.0651. The van der Waals surface area contributed by atoms with Crippen molar-refractivity contribution in [2.75, 3.05) is 13.1 Å². The molecule has 0 radical (unpaired) electrons. The molecule has 0 saturated carbocycles. The van der Waals surface area contributed by atoms with E-state index in [9.17, 15) is 14.4 Å². The quantitative estimate of drug-likeness (QED) is 0.462. The van der Waals surface area contributed by atoms with Crippen molar-refractivity contribution >= 4 is 17.9 Å². The molecule has 7 heteroatoms. The molecule has 0 aromatic rings. The number of rotatable bonds is 8. The molecule has 0 fully saturated rings. The van der Waals surface area contributed by atoms with E-state index in [4.69, 9.17) is 5.11 Å². The highest BCUT2D eigenvalue weighted by molar-refractivity contribution is 5.86. The Labute approximate surface area is 106 Å². The second-order valence-corrected chi connectivity index (χ2v) is 3.91. The monoisotopic (exact) mass is 259 g/mol. The van der Waals surface area contributed by atoms with E-state index >= 15 is 0 Å². The molecule has 0 bridgehead atoms. The first kappa shape index (κ1) is 16.2. The number of carboxylic acids is 1. The zero-order valence-corrected chi connectivity index (χ0v) is 10.8. The Morgan fingerprint density at radius 1 is 1.17 bits per heavy atom. The Morgan fingerprint density at radius 2 is 1.83 bits per heavy atom. The number of hydrogen-bond donors (Lipinski definition) is 4. The normalized spacial score (nSPS) is 11.4. The molecule has 104 valence electrons. The highest BCUT2D eigenvalue weighted by atomic mass is 16.4. The minimum Gasteiger partial charge on any atom is -0.481 e. The molecule has 18 heavy (non-hydrogen) atoms. The van der Waals surface area contributed by atoms with Gasteiger partial charge >= 0.3 is 12.0 Å². The highest BCUT2D eigenvalue weighted by Crippen LogP contribution is 1.87. The molecule has 7 nitrogen and oxygen atoms in total. The Balaban J connectivity index is 3.73. The third-order valence-corrected chi connectivity index (χ3v) is 2.14. The van der Waals surface area contributed by atoms with Crippen LogP contribution in [0.2, 0.25) is 0 Å². The lowest BCUT2D eigenvalue weighted by atomic mass is 10.3. The molecule has 0 saturated heterocycles. The fraction of sp³-hybridized carbons (Fsp3) is 0.727. The topological polar surface area (TPSA) is 108 Å². The number of urea groups is 1. The molecule has 0 aromatic heterocycles. The number of aliphatic carboxylic acids is 1. The second kappa shape index (κ2) is 9.26. The van der Waals surface area contributed by atoms with Crippen molar-refractivity contribution in [1.82, 2.24) is 16.0 Å². The summed E-state index contributed by atoms with van der Waals surface area (Å²) in [6.45, 7) is 4.36. The van der Waals surface area contributed by atoms with E-state index in [-0.39, 0.29) is 18.9 Å². The van der Waals surface area contributed by atoms with Crippen LogP contribution < -0.4 is 16.0 Å². The van der Waals surface area contributed by atoms with Gasteiger partial charge in [0.15, 0.2) is 0 Å². The molecular weight excluding hydrogens is 238 g/mol. The molecule has 0 aliphatic carbocycles. The zero-order valence-electron chi connectivity index (χ0n) is 10.8. The van der Waals surface area contributed by atoms with Crippen LogP contribution >= 0.6 is 0 Å². The first-order valence-corrected chi connectivity index (χ1v) is 6.01. The van der Waals surface area contributed by atoms with Crippen molar-refractivity contribution in [3.63, 3.8) is 0 Å². The van der Waals surface area contributed by atoms with E-state index in [0.29, 0.717) is 13.0 Å². The Morgan fingerprint density at radius 3 is 2.39 bits per heavy atom. The van der Waals surface area contributed by atoms with Gasteiger partial charge in [-0.1, -0.05) is 6.92 Å². The summed E-state index contributed by atoms with van der Waals surface area (Å²) in [5.41, 5.74) is 0. The molecule has 4 N–H and O–H groups in total. The van der Waals surface area contributed by atoms with Crippen molar-refractivity contribution in [2.45, 2.75) is 39.2 Å². The van der Waals surface area contributed by atoms with E-state index in [1.54, 1.807) is 6.92 Å². The van der Waals surface area contributed by atoms with Gasteiger partial charge in [0.1, 0.15) is 6.04 Å². The third-order valence-electron chi connectivity index (χ3n) is 2.14. The number of amides is 3. The van der Waals surface area contributed by atoms with E-state index in [0.717, 1.165) is 6.42 Å². The van der Waals surface area contributed by atoms with Crippen LogP contribution in [0.5, 0.6) is 0 Å². The van der Waals surface area contributed by atoms with Crippen LogP contribution in [0.15, 0.2) is 0 Å². The average Bonchev–Trinajstić information content (AvgIpc) is 2.31. The second-order valence-electron chi connectivity index (χ2n) is 3.91. The van der Waals surface area contributed by atoms with Crippen LogP contribution in [0.25, 0.3) is 0 Å². The van der Waals surface area contributed by atoms with Crippen molar-refractivity contribution in [3.05, 3.63) is 0 Å². The van der Waals surface area contributed by atoms with Gasteiger partial charge in [-0.05, 0) is 19.8 Å². The van der Waals surface area contributed by atoms with Crippen LogP contribution in [0, 0.1) is 0 Å². The van der Waals surface area contributed by atoms with Gasteiger partial charge in [0.25, 0.3) is 0 Å². The van der Waals surface area contributed by atoms with Gasteiger partial charge in [0, 0.05) is 19.5 Å². The number of carbonyl (C=O) groups excluding carboxylic acids is 2. The lowest BCUT2D eigenvalue weighted by molar-refractivity contribution is -0.137. The Hall–Kier alpha value is -1.79. The number of nitrogens with one attached hydrogen (secondary N) is 3. The Bertz CT molecular complexity index is 294. The van der Waals surface area contributed by atoms with Crippen LogP contribution in [0.4, 0.5) is 4.79 Å². The van der Waals surface area contributed by atoms with Crippen molar-refractivity contribution in [1.29, 1.82) is 0 Å². The third kappa shape index (κ3) is 8.37. The molecule has 0 aliphatic rings. The maximum atomic E-state index is 11.4. The van der Waals surface area contributed by atoms with Gasteiger partial charge in [-0.25, -0.2) is 4.79 Å². The summed E-state index contributed by atoms with van der Waals surface area (Å²) < 4.78 is 0. The van der Waals surface area contributed by atoms with E-state index in [2.05, 4.69) is 16.0 Å². The summed E-state index contributed by atoms with van der Waals surface area (Å²) in [6, 6.07) is -1.09. The molecule has 1 atom stereocenters. The summed E-state index contributed by atoms with van der Waals surface area (Å²) >= 11 is 0. The van der Waals surface area contributed by atoms with Gasteiger partial charge in [-0.15, -0.1) is 0 Å². The molecule has 0 heterocycles. The molecule has 3 amide bonds. The largest absolute Gasteiger partial charge is 0.481 e. The smallest absolute Gasteiger partial charge is 0.315 e. The standard InChI is InChI=1S/C11H21N3O4/c1-3-6-12-10(17)8(2)14-11(18)13-7-4-5-9(15)16/h8H,3-7H2,1-2H3,(H,12,17)(H,15,16)(H2,13,14,18). The van der Waals surface area contributed by atoms with Crippen molar-refractivity contribution < 1.29 is 19.5 Å². The van der Waals surface area contributed by atoms with Crippen LogP contribution in [0.1, 0.15) is 33.1 Å². The molecular formula is C11H21N3O4. The summed E-state index contributed by atoms with van der Waals surface area (Å²) in [5.74, 6) is -1.14. The lowest BCUT2D eigenvalue weighted by Crippen LogP contribution is -2.48. The molecule has 1 unspecified atom stereocenters. The number of hydrogen-bond acceptors (Lipinski definition) is 3. The number of carbonyl (C=O) groups is 3. The summed E-state index contributed by atoms with van der Waals surface area (Å²) in [6.07, 6.45) is 1.20. The summed E-state index contributed by atoms with van der Waals surface area (Å²) in [5, 5.41) is 16.0. The maximum absolute atomic E-state index is 11.4. The SMILES string of the molecule is CCCNC(=O)C(C)NC(=O)NCCCC(=O)O. The van der Waals surface area contributed by atoms with E-state index in [1.165, 1.54) is 0 Å². The van der Waals surface area contributed by atoms with Crippen molar-refractivity contribution in [2.24, 2.45) is 0 Å². The fourth-order valence-corrected chi connectivity index (χ4v) is 1.16. The van der Waals surface area contributed by atoms with Crippen LogP contribution in [-0.4, -0.2) is 42.1 Å². The first-order chi connectivity index (χ1) is 8.47. The predicted molar refractivity (Wildman–Crippen MR) is 66.2 cm³/mol. The van der Waals surface area contributed by atoms with Gasteiger partial charge < -0.3 is 21.1 Å². The Kier molecular flexibility index (Phi) is 8.34. The highest BCUT2D eigenvalue weighted by Gasteiger charge is 2.14. The maximum Gasteiger partial charge on any atom is 0.315 e. The van der Waals surface area contributed by atoms with Crippen molar-refractivity contribution in [3.8, 4) is 0 Å². The molecule has 0 spiro atoms. The fourth-order valence-electron chi connectivity index (χ4n) is 1.16. The van der Waals surface area contributed by atoms with Gasteiger partial charge in [-0.3, -0.25) is 9.59 Å². The summed E-state index contributed by atoms with van der Waals surface area (Å²) in [4.78, 5) is 33.0. The van der Waals surface area contributed by atoms with Gasteiger partial charge in [0.2, 0.25) is 5.91 Å².